The molecule has 7 heteroatoms. The van der Waals surface area contributed by atoms with Crippen LogP contribution in [0.3, 0.4) is 0 Å². The van der Waals surface area contributed by atoms with Crippen LogP contribution in [-0.2, 0) is 17.5 Å². The van der Waals surface area contributed by atoms with E-state index in [4.69, 9.17) is 0 Å². The zero-order valence-corrected chi connectivity index (χ0v) is 15.8. The summed E-state index contributed by atoms with van der Waals surface area (Å²) in [5.74, 6) is 0.157. The molecule has 0 bridgehead atoms. The van der Waals surface area contributed by atoms with E-state index in [-0.39, 0.29) is 24.4 Å². The van der Waals surface area contributed by atoms with E-state index in [1.54, 1.807) is 23.3 Å². The van der Waals surface area contributed by atoms with Gasteiger partial charge in [-0.25, -0.2) is 0 Å². The monoisotopic (exact) mass is 384 g/mol. The minimum Gasteiger partial charge on any atom is -0.347 e. The van der Waals surface area contributed by atoms with Crippen LogP contribution in [0.1, 0.15) is 35.9 Å². The van der Waals surface area contributed by atoms with Gasteiger partial charge in [-0.15, -0.1) is 11.3 Å². The van der Waals surface area contributed by atoms with Crippen molar-refractivity contribution in [3.05, 3.63) is 57.8 Å². The Morgan fingerprint density at radius 1 is 1.19 bits per heavy atom. The first-order valence-corrected chi connectivity index (χ1v) is 9.22. The van der Waals surface area contributed by atoms with Crippen molar-refractivity contribution >= 4 is 17.2 Å². The average molecular weight is 384 g/mol. The van der Waals surface area contributed by atoms with Crippen molar-refractivity contribution in [1.29, 1.82) is 0 Å². The fourth-order valence-corrected chi connectivity index (χ4v) is 3.61. The minimum atomic E-state index is -4.34. The Bertz CT molecular complexity index is 697. The number of thiophene rings is 1. The fraction of sp³-hybridized carbons (Fsp3) is 0.421. The highest BCUT2D eigenvalue weighted by Gasteiger charge is 2.30. The molecule has 0 unspecified atom stereocenters. The number of hydrogen-bond acceptors (Lipinski definition) is 3. The topological polar surface area (TPSA) is 32.3 Å². The molecule has 0 fully saturated rings. The number of halogens is 3. The summed E-state index contributed by atoms with van der Waals surface area (Å²) in [7, 11) is 1.77. The summed E-state index contributed by atoms with van der Waals surface area (Å²) in [4.78, 5) is 15.2. The second kappa shape index (κ2) is 8.68. The highest BCUT2D eigenvalue weighted by molar-refractivity contribution is 7.10. The Kier molecular flexibility index (Phi) is 6.83. The summed E-state index contributed by atoms with van der Waals surface area (Å²) in [6, 6.07) is 8.94. The molecule has 1 aromatic carbocycles. The van der Waals surface area contributed by atoms with Crippen LogP contribution in [0, 0.1) is 5.92 Å². The van der Waals surface area contributed by atoms with Crippen molar-refractivity contribution in [2.45, 2.75) is 32.6 Å². The van der Waals surface area contributed by atoms with Crippen LogP contribution in [0.25, 0.3) is 0 Å². The van der Waals surface area contributed by atoms with E-state index in [2.05, 4.69) is 19.2 Å². The molecule has 2 rings (SSSR count). The second-order valence-electron chi connectivity index (χ2n) is 6.67. The van der Waals surface area contributed by atoms with Crippen LogP contribution in [0.2, 0.25) is 0 Å². The highest BCUT2D eigenvalue weighted by atomic mass is 32.1. The highest BCUT2D eigenvalue weighted by Crippen LogP contribution is 2.29. The van der Waals surface area contributed by atoms with Gasteiger partial charge in [0.15, 0.2) is 0 Å². The van der Waals surface area contributed by atoms with E-state index >= 15 is 0 Å². The maximum Gasteiger partial charge on any atom is 0.416 e. The molecule has 0 aliphatic rings. The molecule has 0 spiro atoms. The van der Waals surface area contributed by atoms with Gasteiger partial charge in [0.25, 0.3) is 0 Å². The molecule has 2 aromatic rings. The van der Waals surface area contributed by atoms with E-state index in [1.807, 2.05) is 17.5 Å². The molecular formula is C19H23F3N2OS. The summed E-state index contributed by atoms with van der Waals surface area (Å²) < 4.78 is 37.8. The number of rotatable bonds is 7. The molecule has 142 valence electrons. The molecule has 1 atom stereocenters. The Morgan fingerprint density at radius 2 is 1.85 bits per heavy atom. The number of benzene rings is 1. The van der Waals surface area contributed by atoms with Gasteiger partial charge in [0.2, 0.25) is 5.91 Å². The van der Waals surface area contributed by atoms with E-state index in [0.717, 1.165) is 22.6 Å². The molecule has 1 N–H and O–H groups in total. The van der Waals surface area contributed by atoms with Crippen molar-refractivity contribution in [2.75, 3.05) is 13.6 Å². The lowest BCUT2D eigenvalue weighted by Crippen LogP contribution is -2.38. The largest absolute Gasteiger partial charge is 0.416 e. The molecule has 0 radical (unpaired) electrons. The first kappa shape index (κ1) is 20.5. The zero-order chi connectivity index (χ0) is 19.3. The van der Waals surface area contributed by atoms with E-state index in [9.17, 15) is 18.0 Å². The van der Waals surface area contributed by atoms with Gasteiger partial charge in [-0.1, -0.05) is 32.0 Å². The quantitative estimate of drug-likeness (QED) is 0.750. The van der Waals surface area contributed by atoms with Crippen molar-refractivity contribution < 1.29 is 18.0 Å². The van der Waals surface area contributed by atoms with Crippen LogP contribution < -0.4 is 5.32 Å². The molecule has 1 heterocycles. The lowest BCUT2D eigenvalue weighted by Gasteiger charge is -2.23. The molecule has 1 amide bonds. The average Bonchev–Trinajstić information content (AvgIpc) is 3.05. The molecular weight excluding hydrogens is 361 g/mol. The maximum atomic E-state index is 12.6. The fourth-order valence-electron chi connectivity index (χ4n) is 2.67. The van der Waals surface area contributed by atoms with Gasteiger partial charge in [-0.3, -0.25) is 9.69 Å². The van der Waals surface area contributed by atoms with Crippen LogP contribution in [-0.4, -0.2) is 24.4 Å². The maximum absolute atomic E-state index is 12.6. The number of hydrogen-bond donors (Lipinski definition) is 1. The Labute approximate surface area is 155 Å². The van der Waals surface area contributed by atoms with Crippen LogP contribution in [0.5, 0.6) is 0 Å². The smallest absolute Gasteiger partial charge is 0.347 e. The summed E-state index contributed by atoms with van der Waals surface area (Å²) in [5.41, 5.74) is 0.0596. The Hall–Kier alpha value is -1.86. The minimum absolute atomic E-state index is 0.0398. The third-order valence-corrected chi connectivity index (χ3v) is 4.94. The second-order valence-corrected chi connectivity index (χ2v) is 7.65. The molecule has 1 aromatic heterocycles. The first-order chi connectivity index (χ1) is 12.2. The molecule has 0 saturated carbocycles. The van der Waals surface area contributed by atoms with Gasteiger partial charge in [0.05, 0.1) is 18.2 Å². The SMILES string of the molecule is CC(C)[C@@H](NC(=O)CN(C)Cc1ccc(C(F)(F)F)cc1)c1cccs1. The summed E-state index contributed by atoms with van der Waals surface area (Å²) >= 11 is 1.61. The predicted octanol–water partition coefficient (Wildman–Crippen LogP) is 4.71. The van der Waals surface area contributed by atoms with Crippen LogP contribution in [0.15, 0.2) is 41.8 Å². The summed E-state index contributed by atoms with van der Waals surface area (Å²) in [6.07, 6.45) is -4.34. The number of carbonyl (C=O) groups is 1. The molecule has 0 saturated heterocycles. The Balaban J connectivity index is 1.90. The number of nitrogens with zero attached hydrogens (tertiary/aromatic N) is 1. The van der Waals surface area contributed by atoms with Crippen molar-refractivity contribution in [2.24, 2.45) is 5.92 Å². The van der Waals surface area contributed by atoms with Gasteiger partial charge in [0.1, 0.15) is 0 Å². The predicted molar refractivity (Wildman–Crippen MR) is 97.8 cm³/mol. The third kappa shape index (κ3) is 5.85. The van der Waals surface area contributed by atoms with E-state index < -0.39 is 11.7 Å². The Morgan fingerprint density at radius 3 is 2.35 bits per heavy atom. The van der Waals surface area contributed by atoms with Crippen LogP contribution >= 0.6 is 11.3 Å². The standard InChI is InChI=1S/C19H23F3N2OS/c1-13(2)18(16-5-4-10-26-16)23-17(25)12-24(3)11-14-6-8-15(9-7-14)19(20,21)22/h4-10,13,18H,11-12H2,1-3H3,(H,23,25)/t18-/m1/s1. The van der Waals surface area contributed by atoms with E-state index in [1.165, 1.54) is 12.1 Å². The number of likely N-dealkylation sites (N-methyl/N-ethyl adjacent to an activating group) is 1. The third-order valence-electron chi connectivity index (χ3n) is 3.98. The van der Waals surface area contributed by atoms with Crippen molar-refractivity contribution in [1.82, 2.24) is 10.2 Å². The van der Waals surface area contributed by atoms with Crippen LogP contribution in [0.4, 0.5) is 13.2 Å². The van der Waals surface area contributed by atoms with Crippen molar-refractivity contribution in [3.63, 3.8) is 0 Å². The number of nitrogens with one attached hydrogen (secondary N) is 1. The zero-order valence-electron chi connectivity index (χ0n) is 15.0. The summed E-state index contributed by atoms with van der Waals surface area (Å²) in [5, 5.41) is 5.03. The molecule has 0 aliphatic carbocycles. The first-order valence-electron chi connectivity index (χ1n) is 8.34. The number of amides is 1. The molecule has 3 nitrogen and oxygen atoms in total. The normalized spacial score (nSPS) is 13.2. The van der Waals surface area contributed by atoms with E-state index in [0.29, 0.717) is 6.54 Å². The molecule has 26 heavy (non-hydrogen) atoms. The number of carbonyl (C=O) groups excluding carboxylic acids is 1. The van der Waals surface area contributed by atoms with Gasteiger partial charge in [-0.05, 0) is 42.1 Å². The van der Waals surface area contributed by atoms with Gasteiger partial charge in [0, 0.05) is 11.4 Å². The molecule has 0 aliphatic heterocycles. The van der Waals surface area contributed by atoms with Gasteiger partial charge < -0.3 is 5.32 Å². The summed E-state index contributed by atoms with van der Waals surface area (Å²) in [6.45, 7) is 4.68. The lowest BCUT2D eigenvalue weighted by atomic mass is 10.0. The van der Waals surface area contributed by atoms with Gasteiger partial charge >= 0.3 is 6.18 Å². The number of alkyl halides is 3. The lowest BCUT2D eigenvalue weighted by molar-refractivity contribution is -0.137. The van der Waals surface area contributed by atoms with Crippen molar-refractivity contribution in [3.8, 4) is 0 Å². The van der Waals surface area contributed by atoms with Gasteiger partial charge in [-0.2, -0.15) is 13.2 Å².